The van der Waals surface area contributed by atoms with Gasteiger partial charge in [0.2, 0.25) is 0 Å². The van der Waals surface area contributed by atoms with E-state index < -0.39 is 0 Å². The van der Waals surface area contributed by atoms with Crippen molar-refractivity contribution in [1.29, 1.82) is 0 Å². The number of hydrogen-bond donors (Lipinski definition) is 0. The van der Waals surface area contributed by atoms with Crippen molar-refractivity contribution in [3.63, 3.8) is 0 Å². The summed E-state index contributed by atoms with van der Waals surface area (Å²) in [6.07, 6.45) is 13.8. The van der Waals surface area contributed by atoms with E-state index in [9.17, 15) is 0 Å². The molecule has 1 aromatic rings. The molecule has 0 amide bonds. The molecule has 0 aliphatic carbocycles. The molecule has 0 heterocycles. The third-order valence-electron chi connectivity index (χ3n) is 3.81. The fourth-order valence-corrected chi connectivity index (χ4v) is 2.37. The highest BCUT2D eigenvalue weighted by Gasteiger charge is 1.99. The molecular formula is C21H25B3. The molecule has 0 bridgehead atoms. The molecule has 0 saturated heterocycles. The van der Waals surface area contributed by atoms with E-state index in [2.05, 4.69) is 72.7 Å². The molecule has 0 spiro atoms. The Kier molecular flexibility index (Phi) is 7.91. The number of rotatable bonds is 7. The van der Waals surface area contributed by atoms with Gasteiger partial charge in [0, 0.05) is 0 Å². The van der Waals surface area contributed by atoms with E-state index in [0.717, 1.165) is 16.6 Å². The Morgan fingerprint density at radius 2 is 1.29 bits per heavy atom. The Bertz CT molecular complexity index is 739. The summed E-state index contributed by atoms with van der Waals surface area (Å²) in [6.45, 7) is 13.7. The Labute approximate surface area is 150 Å². The summed E-state index contributed by atoms with van der Waals surface area (Å²) in [7, 11) is 6.27. The summed E-state index contributed by atoms with van der Waals surface area (Å²) >= 11 is 0. The highest BCUT2D eigenvalue weighted by molar-refractivity contribution is 6.38. The van der Waals surface area contributed by atoms with Crippen LogP contribution in [0.15, 0.2) is 97.1 Å². The van der Waals surface area contributed by atoms with E-state index >= 15 is 0 Å². The van der Waals surface area contributed by atoms with E-state index in [1.54, 1.807) is 0 Å². The molecule has 0 aliphatic heterocycles. The second-order valence-electron chi connectivity index (χ2n) is 5.99. The topological polar surface area (TPSA) is 0 Å². The van der Waals surface area contributed by atoms with Gasteiger partial charge in [-0.2, -0.15) is 0 Å². The van der Waals surface area contributed by atoms with Crippen molar-refractivity contribution in [2.75, 3.05) is 0 Å². The van der Waals surface area contributed by atoms with Gasteiger partial charge in [-0.1, -0.05) is 96.9 Å². The molecule has 0 aliphatic rings. The smallest absolute Gasteiger partial charge is 0.0996 e. The van der Waals surface area contributed by atoms with E-state index in [4.69, 9.17) is 0 Å². The van der Waals surface area contributed by atoms with Gasteiger partial charge in [0.25, 0.3) is 0 Å². The maximum absolute atomic E-state index is 3.93. The van der Waals surface area contributed by atoms with Crippen LogP contribution < -0.4 is 10.9 Å². The van der Waals surface area contributed by atoms with Crippen molar-refractivity contribution in [3.05, 3.63) is 103 Å². The van der Waals surface area contributed by atoms with Gasteiger partial charge < -0.3 is 0 Å². The van der Waals surface area contributed by atoms with Crippen LogP contribution in [0, 0.1) is 0 Å². The maximum Gasteiger partial charge on any atom is 0.139 e. The zero-order valence-electron chi connectivity index (χ0n) is 15.4. The van der Waals surface area contributed by atoms with Crippen LogP contribution in [0.2, 0.25) is 0 Å². The molecule has 0 saturated carbocycles. The normalized spacial score (nSPS) is 13.5. The first kappa shape index (κ1) is 19.6. The molecule has 0 atom stereocenters. The molecule has 0 unspecified atom stereocenters. The third-order valence-corrected chi connectivity index (χ3v) is 3.81. The van der Waals surface area contributed by atoms with Crippen LogP contribution in [0.1, 0.15) is 12.5 Å². The van der Waals surface area contributed by atoms with Crippen molar-refractivity contribution in [2.24, 2.45) is 0 Å². The summed E-state index contributed by atoms with van der Waals surface area (Å²) in [5.74, 6) is 0. The molecule has 0 fully saturated rings. The first-order valence-electron chi connectivity index (χ1n) is 8.14. The molecule has 0 aromatic heterocycles. The second kappa shape index (κ2) is 9.67. The minimum absolute atomic E-state index is 1.04. The average Bonchev–Trinajstić information content (AvgIpc) is 2.56. The van der Waals surface area contributed by atoms with E-state index in [1.165, 1.54) is 22.1 Å². The van der Waals surface area contributed by atoms with Crippen LogP contribution in [-0.4, -0.2) is 23.5 Å². The molecule has 1 aromatic carbocycles. The van der Waals surface area contributed by atoms with Crippen molar-refractivity contribution in [2.45, 2.75) is 6.92 Å². The second-order valence-corrected chi connectivity index (χ2v) is 5.99. The molecule has 118 valence electrons. The number of allylic oxidation sites excluding steroid dienone is 11. The van der Waals surface area contributed by atoms with Gasteiger partial charge in [0.1, 0.15) is 23.5 Å². The SMILES string of the molecule is B/C(C=C)=C/C=C(C=C)/C(C=C)=C/C=C(\C)c1cc(B)cc(B)c1. The molecular weight excluding hydrogens is 285 g/mol. The summed E-state index contributed by atoms with van der Waals surface area (Å²) in [4.78, 5) is 0. The lowest BCUT2D eigenvalue weighted by atomic mass is 9.84. The van der Waals surface area contributed by atoms with Gasteiger partial charge in [0.15, 0.2) is 0 Å². The standard InChI is InChI=1S/C21H25B3/c1-5-16(17(6-2)10-11-19(22)7-3)9-8-15(4)18-12-20(23)14-21(24)13-18/h5-14H,1-3,22-24H2,4H3/b15-8+,16-9+,17-10+,19-11+. The summed E-state index contributed by atoms with van der Waals surface area (Å²) in [6, 6.07) is 6.61. The fraction of sp³-hybridized carbons (Fsp3) is 0.0476. The summed E-state index contributed by atoms with van der Waals surface area (Å²) < 4.78 is 0. The monoisotopic (exact) mass is 310 g/mol. The molecule has 24 heavy (non-hydrogen) atoms. The average molecular weight is 310 g/mol. The highest BCUT2D eigenvalue weighted by Crippen LogP contribution is 2.16. The first-order chi connectivity index (χ1) is 11.4. The van der Waals surface area contributed by atoms with Crippen molar-refractivity contribution in [1.82, 2.24) is 0 Å². The third kappa shape index (κ3) is 6.00. The van der Waals surface area contributed by atoms with E-state index in [-0.39, 0.29) is 0 Å². The predicted molar refractivity (Wildman–Crippen MR) is 120 cm³/mol. The molecule has 1 rings (SSSR count). The Balaban J connectivity index is 3.20. The fourth-order valence-electron chi connectivity index (χ4n) is 2.37. The minimum atomic E-state index is 1.04. The summed E-state index contributed by atoms with van der Waals surface area (Å²) in [5.41, 5.74) is 8.23. The van der Waals surface area contributed by atoms with Crippen molar-refractivity contribution in [3.8, 4) is 0 Å². The summed E-state index contributed by atoms with van der Waals surface area (Å²) in [5, 5.41) is 0. The van der Waals surface area contributed by atoms with Crippen LogP contribution in [0.4, 0.5) is 0 Å². The van der Waals surface area contributed by atoms with E-state index in [0.29, 0.717) is 0 Å². The van der Waals surface area contributed by atoms with Crippen LogP contribution >= 0.6 is 0 Å². The predicted octanol–water partition coefficient (Wildman–Crippen LogP) is 1.53. The van der Waals surface area contributed by atoms with Crippen LogP contribution in [0.25, 0.3) is 5.57 Å². The van der Waals surface area contributed by atoms with Crippen molar-refractivity contribution >= 4 is 40.0 Å². The van der Waals surface area contributed by atoms with Gasteiger partial charge in [-0.15, -0.1) is 0 Å². The highest BCUT2D eigenvalue weighted by atomic mass is 14.0. The van der Waals surface area contributed by atoms with Gasteiger partial charge in [-0.25, -0.2) is 0 Å². The Hall–Kier alpha value is -2.41. The van der Waals surface area contributed by atoms with E-state index in [1.807, 2.05) is 38.2 Å². The lowest BCUT2D eigenvalue weighted by molar-refractivity contribution is 1.54. The molecule has 0 N–H and O–H groups in total. The van der Waals surface area contributed by atoms with Gasteiger partial charge >= 0.3 is 0 Å². The van der Waals surface area contributed by atoms with Crippen LogP contribution in [0.5, 0.6) is 0 Å². The quantitative estimate of drug-likeness (QED) is 0.529. The van der Waals surface area contributed by atoms with Gasteiger partial charge in [0.05, 0.1) is 0 Å². The number of hydrogen-bond acceptors (Lipinski definition) is 0. The Morgan fingerprint density at radius 1 is 0.792 bits per heavy atom. The largest absolute Gasteiger partial charge is 0.139 e. The zero-order valence-corrected chi connectivity index (χ0v) is 15.4. The van der Waals surface area contributed by atoms with Crippen LogP contribution in [-0.2, 0) is 0 Å². The molecule has 3 heteroatoms. The van der Waals surface area contributed by atoms with Crippen LogP contribution in [0.3, 0.4) is 0 Å². The van der Waals surface area contributed by atoms with Crippen molar-refractivity contribution < 1.29 is 0 Å². The maximum atomic E-state index is 3.93. The zero-order chi connectivity index (χ0) is 18.1. The lowest BCUT2D eigenvalue weighted by Gasteiger charge is -2.06. The minimum Gasteiger partial charge on any atom is -0.0996 e. The molecule has 0 radical (unpaired) electrons. The molecule has 0 nitrogen and oxygen atoms in total. The van der Waals surface area contributed by atoms with Gasteiger partial charge in [-0.05, 0) is 29.2 Å². The first-order valence-corrected chi connectivity index (χ1v) is 8.14. The number of benzene rings is 1. The Morgan fingerprint density at radius 3 is 1.75 bits per heavy atom. The lowest BCUT2D eigenvalue weighted by Crippen LogP contribution is -2.14. The van der Waals surface area contributed by atoms with Gasteiger partial charge in [-0.3, -0.25) is 0 Å².